The number of hydrogen-bond donors (Lipinski definition) is 2. The molecule has 41 heavy (non-hydrogen) atoms. The molecule has 5 aromatic rings. The molecule has 5 rings (SSSR count). The van der Waals surface area contributed by atoms with Crippen molar-refractivity contribution in [2.24, 2.45) is 0 Å². The standard InChI is InChI=1S/C32H26N2O4S3/c1-20-13-15-21(16-14-20)25-19-40-31(27(25)32(37)38-2)34-30(36)28(22-8-4-3-5-9-22)41-24-11-6-10-23(18-24)33-29(35)26-12-7-17-39-26/h3-19,28H,1-2H3,(H,33,35)(H,34,36). The topological polar surface area (TPSA) is 84.5 Å². The highest BCUT2D eigenvalue weighted by atomic mass is 32.2. The van der Waals surface area contributed by atoms with Gasteiger partial charge in [0.15, 0.2) is 0 Å². The Kier molecular flexibility index (Phi) is 8.98. The van der Waals surface area contributed by atoms with Crippen LogP contribution in [0.15, 0.2) is 107 Å². The van der Waals surface area contributed by atoms with Crippen molar-refractivity contribution in [1.29, 1.82) is 0 Å². The van der Waals surface area contributed by atoms with E-state index in [2.05, 4.69) is 10.6 Å². The maximum Gasteiger partial charge on any atom is 0.341 e. The van der Waals surface area contributed by atoms with Crippen LogP contribution in [-0.2, 0) is 9.53 Å². The van der Waals surface area contributed by atoms with Crippen LogP contribution in [0.1, 0.15) is 36.4 Å². The van der Waals surface area contributed by atoms with E-state index in [0.717, 1.165) is 21.6 Å². The molecule has 0 aliphatic rings. The molecule has 0 aliphatic heterocycles. The smallest absolute Gasteiger partial charge is 0.341 e. The quantitative estimate of drug-likeness (QED) is 0.132. The second-order valence-electron chi connectivity index (χ2n) is 9.07. The van der Waals surface area contributed by atoms with E-state index >= 15 is 0 Å². The fraction of sp³-hybridized carbons (Fsp3) is 0.0938. The second-order valence-corrected chi connectivity index (χ2v) is 12.1. The van der Waals surface area contributed by atoms with Gasteiger partial charge in [0, 0.05) is 21.5 Å². The van der Waals surface area contributed by atoms with Crippen molar-refractivity contribution >= 4 is 62.9 Å². The molecule has 0 spiro atoms. The third-order valence-electron chi connectivity index (χ3n) is 6.21. The largest absolute Gasteiger partial charge is 0.465 e. The predicted octanol–water partition coefficient (Wildman–Crippen LogP) is 8.30. The van der Waals surface area contributed by atoms with Gasteiger partial charge in [-0.25, -0.2) is 4.79 Å². The summed E-state index contributed by atoms with van der Waals surface area (Å²) in [5, 5.41) is 9.43. The highest BCUT2D eigenvalue weighted by molar-refractivity contribution is 8.00. The van der Waals surface area contributed by atoms with Crippen molar-refractivity contribution in [3.8, 4) is 11.1 Å². The number of carbonyl (C=O) groups is 3. The first kappa shape index (κ1) is 28.4. The van der Waals surface area contributed by atoms with Crippen LogP contribution in [0.5, 0.6) is 0 Å². The van der Waals surface area contributed by atoms with Gasteiger partial charge in [-0.1, -0.05) is 72.3 Å². The normalized spacial score (nSPS) is 11.5. The first-order valence-corrected chi connectivity index (χ1v) is 15.3. The lowest BCUT2D eigenvalue weighted by atomic mass is 10.0. The number of amides is 2. The Hall–Kier alpha value is -4.18. The zero-order chi connectivity index (χ0) is 28.8. The van der Waals surface area contributed by atoms with E-state index in [9.17, 15) is 14.4 Å². The summed E-state index contributed by atoms with van der Waals surface area (Å²) in [5.41, 5.74) is 4.44. The number of aryl methyl sites for hydroxylation is 1. The maximum absolute atomic E-state index is 13.8. The summed E-state index contributed by atoms with van der Waals surface area (Å²) in [7, 11) is 1.33. The molecule has 0 saturated carbocycles. The van der Waals surface area contributed by atoms with Gasteiger partial charge in [-0.3, -0.25) is 9.59 Å². The van der Waals surface area contributed by atoms with E-state index in [1.165, 1.54) is 41.5 Å². The number of methoxy groups -OCH3 is 1. The molecule has 0 saturated heterocycles. The van der Waals surface area contributed by atoms with Gasteiger partial charge in [0.25, 0.3) is 5.91 Å². The highest BCUT2D eigenvalue weighted by Crippen LogP contribution is 2.40. The molecular weight excluding hydrogens is 573 g/mol. The number of thiophene rings is 2. The maximum atomic E-state index is 13.8. The van der Waals surface area contributed by atoms with E-state index < -0.39 is 11.2 Å². The third-order valence-corrected chi connectivity index (χ3v) is 9.22. The number of benzene rings is 3. The van der Waals surface area contributed by atoms with Crippen molar-refractivity contribution in [2.45, 2.75) is 17.1 Å². The van der Waals surface area contributed by atoms with Crippen LogP contribution in [0.25, 0.3) is 11.1 Å². The number of anilines is 2. The van der Waals surface area contributed by atoms with Crippen LogP contribution >= 0.6 is 34.4 Å². The fourth-order valence-electron chi connectivity index (χ4n) is 4.16. The van der Waals surface area contributed by atoms with Crippen molar-refractivity contribution < 1.29 is 19.1 Å². The molecule has 0 fully saturated rings. The van der Waals surface area contributed by atoms with E-state index in [1.807, 2.05) is 103 Å². The first-order chi connectivity index (χ1) is 19.9. The molecule has 6 nitrogen and oxygen atoms in total. The lowest BCUT2D eigenvalue weighted by molar-refractivity contribution is -0.115. The van der Waals surface area contributed by atoms with Gasteiger partial charge in [0.2, 0.25) is 5.91 Å². The molecule has 1 atom stereocenters. The van der Waals surface area contributed by atoms with Crippen LogP contribution in [-0.4, -0.2) is 24.9 Å². The molecule has 0 aliphatic carbocycles. The summed E-state index contributed by atoms with van der Waals surface area (Å²) in [6, 6.07) is 28.3. The molecule has 0 radical (unpaired) electrons. The molecule has 2 aromatic heterocycles. The van der Waals surface area contributed by atoms with Gasteiger partial charge < -0.3 is 15.4 Å². The summed E-state index contributed by atoms with van der Waals surface area (Å²) >= 11 is 4.02. The summed E-state index contributed by atoms with van der Waals surface area (Å²) in [6.07, 6.45) is 0. The van der Waals surface area contributed by atoms with Crippen molar-refractivity contribution in [2.75, 3.05) is 17.7 Å². The molecule has 9 heteroatoms. The number of rotatable bonds is 9. The van der Waals surface area contributed by atoms with E-state index in [4.69, 9.17) is 4.74 Å². The van der Waals surface area contributed by atoms with Gasteiger partial charge in [0.05, 0.1) is 12.0 Å². The lowest BCUT2D eigenvalue weighted by Crippen LogP contribution is -2.20. The fourth-order valence-corrected chi connectivity index (χ4v) is 6.82. The molecule has 206 valence electrons. The Bertz CT molecular complexity index is 1660. The lowest BCUT2D eigenvalue weighted by Gasteiger charge is -2.18. The Morgan fingerprint density at radius 1 is 0.854 bits per heavy atom. The molecule has 0 bridgehead atoms. The Balaban J connectivity index is 1.42. The van der Waals surface area contributed by atoms with Gasteiger partial charge in [-0.15, -0.1) is 34.4 Å². The van der Waals surface area contributed by atoms with Crippen molar-refractivity contribution in [1.82, 2.24) is 0 Å². The molecule has 2 amide bonds. The minimum atomic E-state index is -0.630. The SMILES string of the molecule is COC(=O)c1c(-c2ccc(C)cc2)csc1NC(=O)C(Sc1cccc(NC(=O)c2cccs2)c1)c1ccccc1. The van der Waals surface area contributed by atoms with Crippen LogP contribution < -0.4 is 10.6 Å². The number of ether oxygens (including phenoxy) is 1. The molecular formula is C32H26N2O4S3. The minimum absolute atomic E-state index is 0.183. The average molecular weight is 599 g/mol. The monoisotopic (exact) mass is 598 g/mol. The molecule has 1 unspecified atom stereocenters. The summed E-state index contributed by atoms with van der Waals surface area (Å²) in [4.78, 5) is 40.7. The number of nitrogens with one attached hydrogen (secondary N) is 2. The summed E-state index contributed by atoms with van der Waals surface area (Å²) in [5.74, 6) is -0.983. The molecule has 3 aromatic carbocycles. The van der Waals surface area contributed by atoms with E-state index in [-0.39, 0.29) is 11.8 Å². The number of thioether (sulfide) groups is 1. The zero-order valence-corrected chi connectivity index (χ0v) is 24.7. The summed E-state index contributed by atoms with van der Waals surface area (Å²) in [6.45, 7) is 2.00. The number of hydrogen-bond acceptors (Lipinski definition) is 7. The van der Waals surface area contributed by atoms with Crippen molar-refractivity contribution in [3.63, 3.8) is 0 Å². The number of carbonyl (C=O) groups excluding carboxylic acids is 3. The Morgan fingerprint density at radius 3 is 2.34 bits per heavy atom. The third kappa shape index (κ3) is 6.77. The van der Waals surface area contributed by atoms with Gasteiger partial charge in [0.1, 0.15) is 15.8 Å². The minimum Gasteiger partial charge on any atom is -0.465 e. The van der Waals surface area contributed by atoms with Gasteiger partial charge >= 0.3 is 5.97 Å². The van der Waals surface area contributed by atoms with Crippen LogP contribution in [0, 0.1) is 6.92 Å². The zero-order valence-electron chi connectivity index (χ0n) is 22.3. The van der Waals surface area contributed by atoms with Gasteiger partial charge in [-0.2, -0.15) is 0 Å². The van der Waals surface area contributed by atoms with E-state index in [1.54, 1.807) is 6.07 Å². The van der Waals surface area contributed by atoms with Gasteiger partial charge in [-0.05, 0) is 47.7 Å². The predicted molar refractivity (Wildman–Crippen MR) is 168 cm³/mol. The number of esters is 1. The summed E-state index contributed by atoms with van der Waals surface area (Å²) < 4.78 is 5.09. The first-order valence-electron chi connectivity index (χ1n) is 12.7. The molecule has 2 N–H and O–H groups in total. The average Bonchev–Trinajstić information content (AvgIpc) is 3.68. The second kappa shape index (κ2) is 13.0. The van der Waals surface area contributed by atoms with Crippen LogP contribution in [0.4, 0.5) is 10.7 Å². The Morgan fingerprint density at radius 2 is 1.63 bits per heavy atom. The Labute approximate surface area is 250 Å². The van der Waals surface area contributed by atoms with E-state index in [0.29, 0.717) is 26.7 Å². The van der Waals surface area contributed by atoms with Crippen molar-refractivity contribution in [3.05, 3.63) is 123 Å². The highest BCUT2D eigenvalue weighted by Gasteiger charge is 2.27. The van der Waals surface area contributed by atoms with Crippen LogP contribution in [0.3, 0.4) is 0 Å². The van der Waals surface area contributed by atoms with Crippen LogP contribution in [0.2, 0.25) is 0 Å². The molecule has 2 heterocycles.